The molecule has 0 saturated carbocycles. The predicted molar refractivity (Wildman–Crippen MR) is 107 cm³/mol. The molecule has 1 aromatic heterocycles. The van der Waals surface area contributed by atoms with Crippen molar-refractivity contribution in [1.82, 2.24) is 9.88 Å². The summed E-state index contributed by atoms with van der Waals surface area (Å²) in [5.41, 5.74) is -0.335. The first kappa shape index (κ1) is 20.7. The summed E-state index contributed by atoms with van der Waals surface area (Å²) in [6.45, 7) is 12.7. The van der Waals surface area contributed by atoms with Crippen molar-refractivity contribution in [2.24, 2.45) is 5.41 Å². The van der Waals surface area contributed by atoms with E-state index in [1.807, 2.05) is 12.1 Å². The van der Waals surface area contributed by atoms with Crippen LogP contribution in [-0.4, -0.2) is 41.0 Å². The molecule has 1 N–H and O–H groups in total. The van der Waals surface area contributed by atoms with Gasteiger partial charge in [0.2, 0.25) is 5.91 Å². The fraction of sp³-hybridized carbons (Fsp3) is 0.714. The highest BCUT2D eigenvalue weighted by molar-refractivity contribution is 5.94. The molecule has 1 atom stereocenters. The number of carbonyl (C=O) groups excluding carboxylic acids is 1. The number of rotatable bonds is 8. The number of hydrogen-bond donors (Lipinski definition) is 1. The Morgan fingerprint density at radius 2 is 2.04 bits per heavy atom. The minimum absolute atomic E-state index is 0.0613. The third-order valence-electron chi connectivity index (χ3n) is 5.52. The number of nitrogens with zero attached hydrogens (tertiary/aromatic N) is 2. The Hall–Kier alpha value is -1.62. The zero-order valence-electron chi connectivity index (χ0n) is 17.0. The van der Waals surface area contributed by atoms with Crippen LogP contribution >= 0.6 is 0 Å². The molecule has 1 aromatic rings. The topological polar surface area (TPSA) is 54.5 Å². The zero-order chi connectivity index (χ0) is 19.2. The largest absolute Gasteiger partial charge is 0.490 e. The average molecular weight is 362 g/mol. The molecular formula is C21H35N3O2. The number of likely N-dealkylation sites (tertiary alicyclic amines) is 1. The van der Waals surface area contributed by atoms with Crippen molar-refractivity contribution < 1.29 is 9.53 Å². The van der Waals surface area contributed by atoms with Crippen molar-refractivity contribution in [1.29, 1.82) is 0 Å². The Morgan fingerprint density at radius 1 is 1.35 bits per heavy atom. The van der Waals surface area contributed by atoms with Gasteiger partial charge in [-0.25, -0.2) is 4.98 Å². The van der Waals surface area contributed by atoms with Crippen LogP contribution in [0.25, 0.3) is 0 Å². The number of hydrogen-bond acceptors (Lipinski definition) is 4. The normalized spacial score (nSPS) is 18.5. The van der Waals surface area contributed by atoms with Gasteiger partial charge >= 0.3 is 0 Å². The number of ether oxygens (including phenoxy) is 1. The summed E-state index contributed by atoms with van der Waals surface area (Å²) in [7, 11) is 0. The van der Waals surface area contributed by atoms with E-state index in [-0.39, 0.29) is 17.4 Å². The molecule has 2 rings (SSSR count). The molecular weight excluding hydrogens is 326 g/mol. The smallest absolute Gasteiger partial charge is 0.231 e. The van der Waals surface area contributed by atoms with E-state index in [1.54, 1.807) is 6.20 Å². The standard InChI is InChI=1S/C21H35N3O2/c1-6-8-17(7-2)26-18-9-12-22-19(15-18)23-20(25)21(5)10-13-24(14-11-21)16(3)4/h9,12,15-17H,6-8,10-11,13-14H2,1-5H3,(H,22,23,25). The molecule has 146 valence electrons. The molecule has 1 amide bonds. The van der Waals surface area contributed by atoms with E-state index < -0.39 is 0 Å². The quantitative estimate of drug-likeness (QED) is 0.741. The van der Waals surface area contributed by atoms with E-state index >= 15 is 0 Å². The SMILES string of the molecule is CCCC(CC)Oc1ccnc(NC(=O)C2(C)CCN(C(C)C)CC2)c1. The Labute approximate surface area is 158 Å². The van der Waals surface area contributed by atoms with E-state index in [2.05, 4.69) is 49.8 Å². The fourth-order valence-electron chi connectivity index (χ4n) is 3.44. The Morgan fingerprint density at radius 3 is 2.62 bits per heavy atom. The van der Waals surface area contributed by atoms with Gasteiger partial charge in [-0.15, -0.1) is 0 Å². The van der Waals surface area contributed by atoms with Crippen LogP contribution in [0.1, 0.15) is 66.7 Å². The van der Waals surface area contributed by atoms with Crippen molar-refractivity contribution in [2.75, 3.05) is 18.4 Å². The van der Waals surface area contributed by atoms with Crippen LogP contribution < -0.4 is 10.1 Å². The average Bonchev–Trinajstić information content (AvgIpc) is 2.62. The minimum atomic E-state index is -0.335. The Bertz CT molecular complexity index is 580. The molecule has 0 aromatic carbocycles. The van der Waals surface area contributed by atoms with E-state index in [4.69, 9.17) is 4.74 Å². The summed E-state index contributed by atoms with van der Waals surface area (Å²) >= 11 is 0. The lowest BCUT2D eigenvalue weighted by Gasteiger charge is -2.39. The van der Waals surface area contributed by atoms with Gasteiger partial charge in [0.15, 0.2) is 0 Å². The zero-order valence-corrected chi connectivity index (χ0v) is 17.0. The van der Waals surface area contributed by atoms with Crippen LogP contribution in [0.15, 0.2) is 18.3 Å². The number of aromatic nitrogens is 1. The van der Waals surface area contributed by atoms with Crippen molar-refractivity contribution in [3.8, 4) is 5.75 Å². The Kier molecular flexibility index (Phi) is 7.44. The molecule has 5 heteroatoms. The van der Waals surface area contributed by atoms with Gasteiger partial charge in [0.1, 0.15) is 11.6 Å². The van der Waals surface area contributed by atoms with Gasteiger partial charge in [-0.05, 0) is 58.7 Å². The molecule has 2 heterocycles. The summed E-state index contributed by atoms with van der Waals surface area (Å²) in [5, 5.41) is 3.01. The number of piperidine rings is 1. The maximum atomic E-state index is 12.8. The molecule has 1 fully saturated rings. The minimum Gasteiger partial charge on any atom is -0.490 e. The highest BCUT2D eigenvalue weighted by Gasteiger charge is 2.37. The molecule has 1 unspecified atom stereocenters. The third kappa shape index (κ3) is 5.44. The van der Waals surface area contributed by atoms with Crippen molar-refractivity contribution in [3.63, 3.8) is 0 Å². The maximum absolute atomic E-state index is 12.8. The molecule has 1 aliphatic rings. The van der Waals surface area contributed by atoms with Crippen LogP contribution in [0, 0.1) is 5.41 Å². The van der Waals surface area contributed by atoms with E-state index in [0.717, 1.165) is 50.9 Å². The third-order valence-corrected chi connectivity index (χ3v) is 5.52. The summed E-state index contributed by atoms with van der Waals surface area (Å²) in [5.74, 6) is 1.41. The Balaban J connectivity index is 1.97. The van der Waals surface area contributed by atoms with Gasteiger partial charge in [-0.1, -0.05) is 27.2 Å². The first-order valence-electron chi connectivity index (χ1n) is 10.1. The number of nitrogens with one attached hydrogen (secondary N) is 1. The number of carbonyl (C=O) groups is 1. The van der Waals surface area contributed by atoms with Gasteiger partial charge in [-0.2, -0.15) is 0 Å². The monoisotopic (exact) mass is 361 g/mol. The lowest BCUT2D eigenvalue weighted by molar-refractivity contribution is -0.127. The van der Waals surface area contributed by atoms with Gasteiger partial charge in [0.05, 0.1) is 6.10 Å². The van der Waals surface area contributed by atoms with Crippen LogP contribution in [0.5, 0.6) is 5.75 Å². The second-order valence-electron chi connectivity index (χ2n) is 7.96. The summed E-state index contributed by atoms with van der Waals surface area (Å²) < 4.78 is 6.04. The van der Waals surface area contributed by atoms with Crippen LogP contribution in [0.2, 0.25) is 0 Å². The molecule has 1 saturated heterocycles. The van der Waals surface area contributed by atoms with Gasteiger partial charge < -0.3 is 15.0 Å². The van der Waals surface area contributed by atoms with E-state index in [0.29, 0.717) is 11.9 Å². The van der Waals surface area contributed by atoms with Crippen molar-refractivity contribution in [2.45, 2.75) is 78.9 Å². The number of amides is 1. The molecule has 0 radical (unpaired) electrons. The molecule has 0 spiro atoms. The van der Waals surface area contributed by atoms with Gasteiger partial charge in [0, 0.05) is 23.7 Å². The fourth-order valence-corrected chi connectivity index (χ4v) is 3.44. The molecule has 0 aliphatic carbocycles. The van der Waals surface area contributed by atoms with Crippen LogP contribution in [0.4, 0.5) is 5.82 Å². The lowest BCUT2D eigenvalue weighted by atomic mass is 9.79. The van der Waals surface area contributed by atoms with E-state index in [1.165, 1.54) is 0 Å². The second kappa shape index (κ2) is 9.36. The maximum Gasteiger partial charge on any atom is 0.231 e. The summed E-state index contributed by atoms with van der Waals surface area (Å²) in [6.07, 6.45) is 6.77. The molecule has 1 aliphatic heterocycles. The summed E-state index contributed by atoms with van der Waals surface area (Å²) in [6, 6.07) is 4.23. The second-order valence-corrected chi connectivity index (χ2v) is 7.96. The summed E-state index contributed by atoms with van der Waals surface area (Å²) in [4.78, 5) is 19.6. The van der Waals surface area contributed by atoms with Crippen LogP contribution in [-0.2, 0) is 4.79 Å². The van der Waals surface area contributed by atoms with Crippen molar-refractivity contribution in [3.05, 3.63) is 18.3 Å². The van der Waals surface area contributed by atoms with Gasteiger partial charge in [0.25, 0.3) is 0 Å². The molecule has 0 bridgehead atoms. The number of anilines is 1. The predicted octanol–water partition coefficient (Wildman–Crippen LogP) is 4.49. The first-order chi connectivity index (χ1) is 12.4. The molecule has 5 nitrogen and oxygen atoms in total. The highest BCUT2D eigenvalue weighted by Crippen LogP contribution is 2.33. The number of pyridine rings is 1. The van der Waals surface area contributed by atoms with Crippen LogP contribution in [0.3, 0.4) is 0 Å². The molecule has 26 heavy (non-hydrogen) atoms. The lowest BCUT2D eigenvalue weighted by Crippen LogP contribution is -2.47. The van der Waals surface area contributed by atoms with E-state index in [9.17, 15) is 4.79 Å². The first-order valence-corrected chi connectivity index (χ1v) is 10.1. The van der Waals surface area contributed by atoms with Gasteiger partial charge in [-0.3, -0.25) is 4.79 Å². The highest BCUT2D eigenvalue weighted by atomic mass is 16.5. The van der Waals surface area contributed by atoms with Crippen molar-refractivity contribution >= 4 is 11.7 Å².